The highest BCUT2D eigenvalue weighted by Crippen LogP contribution is 2.36. The molecule has 146 valence electrons. The van der Waals surface area contributed by atoms with Gasteiger partial charge in [-0.05, 0) is 6.07 Å². The number of halogens is 3. The van der Waals surface area contributed by atoms with Gasteiger partial charge in [0.1, 0.15) is 0 Å². The molecule has 3 aromatic rings. The molecular weight excluding hydrogens is 363 g/mol. The minimum absolute atomic E-state index is 0. The smallest absolute Gasteiger partial charge is 0.379 e. The van der Waals surface area contributed by atoms with Gasteiger partial charge in [-0.3, -0.25) is 4.90 Å². The van der Waals surface area contributed by atoms with Crippen molar-refractivity contribution >= 4 is 21.9 Å². The lowest BCUT2D eigenvalue weighted by molar-refractivity contribution is -0.561. The van der Waals surface area contributed by atoms with Crippen LogP contribution in [0.2, 0.25) is 0 Å². The molecule has 0 atom stereocenters. The first-order valence-corrected chi connectivity index (χ1v) is 8.25. The number of alkyl halides is 3. The van der Waals surface area contributed by atoms with Crippen molar-refractivity contribution in [3.8, 4) is 0 Å². The van der Waals surface area contributed by atoms with Crippen LogP contribution < -0.4 is 4.54 Å². The SMILES string of the molecule is C.O=[n+]1ccc2c3ccnc(C(F)(F)F)c3n(CCN3CCOCC3)c2[nH]1. The quantitative estimate of drug-likeness (QED) is 0.705. The first-order chi connectivity index (χ1) is 12.4. The number of ether oxygens (including phenoxy) is 1. The van der Waals surface area contributed by atoms with Gasteiger partial charge in [-0.25, -0.2) is 4.98 Å². The fraction of sp³-hybridized carbons (Fsp3) is 0.471. The fourth-order valence-electron chi connectivity index (χ4n) is 3.40. The van der Waals surface area contributed by atoms with Gasteiger partial charge in [0, 0.05) is 49.2 Å². The summed E-state index contributed by atoms with van der Waals surface area (Å²) in [5, 5.41) is 3.58. The molecule has 1 aliphatic heterocycles. The molecule has 0 amide bonds. The van der Waals surface area contributed by atoms with Gasteiger partial charge in [0.25, 0.3) is 6.20 Å². The summed E-state index contributed by atoms with van der Waals surface area (Å²) in [7, 11) is 0. The van der Waals surface area contributed by atoms with E-state index in [0.717, 1.165) is 19.3 Å². The number of aromatic nitrogens is 4. The van der Waals surface area contributed by atoms with Crippen LogP contribution in [0.3, 0.4) is 0 Å². The number of rotatable bonds is 3. The van der Waals surface area contributed by atoms with Gasteiger partial charge < -0.3 is 9.30 Å². The van der Waals surface area contributed by atoms with Crippen LogP contribution in [0, 0.1) is 4.91 Å². The minimum Gasteiger partial charge on any atom is -0.379 e. The van der Waals surface area contributed by atoms with Crippen LogP contribution in [0.4, 0.5) is 13.2 Å². The molecule has 0 radical (unpaired) electrons. The van der Waals surface area contributed by atoms with Crippen molar-refractivity contribution in [2.24, 2.45) is 0 Å². The number of fused-ring (bicyclic) bond motifs is 3. The van der Waals surface area contributed by atoms with Crippen molar-refractivity contribution in [2.45, 2.75) is 20.1 Å². The lowest BCUT2D eigenvalue weighted by Gasteiger charge is -2.26. The highest BCUT2D eigenvalue weighted by molar-refractivity contribution is 6.07. The third-order valence-corrected chi connectivity index (χ3v) is 4.61. The second kappa shape index (κ2) is 7.28. The van der Waals surface area contributed by atoms with E-state index in [1.54, 1.807) is 6.07 Å². The molecule has 0 aromatic carbocycles. The zero-order valence-corrected chi connectivity index (χ0v) is 13.8. The third-order valence-electron chi connectivity index (χ3n) is 4.61. The van der Waals surface area contributed by atoms with Crippen LogP contribution in [0.5, 0.6) is 0 Å². The maximum atomic E-state index is 13.5. The highest BCUT2D eigenvalue weighted by Gasteiger charge is 2.37. The van der Waals surface area contributed by atoms with Crippen molar-refractivity contribution in [1.82, 2.24) is 19.5 Å². The second-order valence-electron chi connectivity index (χ2n) is 6.17. The summed E-state index contributed by atoms with van der Waals surface area (Å²) < 4.78 is 47.8. The average molecular weight is 384 g/mol. The summed E-state index contributed by atoms with van der Waals surface area (Å²) in [4.78, 5) is 17.4. The van der Waals surface area contributed by atoms with Crippen LogP contribution in [-0.2, 0) is 17.5 Å². The van der Waals surface area contributed by atoms with Gasteiger partial charge in [0.2, 0.25) is 0 Å². The normalized spacial score (nSPS) is 16.0. The summed E-state index contributed by atoms with van der Waals surface area (Å²) in [5.41, 5.74) is -0.603. The Hall–Kier alpha value is -2.46. The van der Waals surface area contributed by atoms with Gasteiger partial charge in [0.05, 0.1) is 23.6 Å². The third kappa shape index (κ3) is 3.54. The maximum Gasteiger partial charge on any atom is 0.435 e. The Labute approximate surface area is 152 Å². The van der Waals surface area contributed by atoms with Crippen LogP contribution in [0.1, 0.15) is 13.1 Å². The molecule has 7 nitrogen and oxygen atoms in total. The molecule has 0 spiro atoms. The predicted molar refractivity (Wildman–Crippen MR) is 93.9 cm³/mol. The number of H-pyrrole nitrogens is 1. The van der Waals surface area contributed by atoms with Crippen LogP contribution in [0.25, 0.3) is 21.9 Å². The number of pyridine rings is 1. The number of morpholine rings is 1. The Morgan fingerprint density at radius 1 is 1.19 bits per heavy atom. The Morgan fingerprint density at radius 2 is 1.93 bits per heavy atom. The highest BCUT2D eigenvalue weighted by atomic mass is 19.4. The van der Waals surface area contributed by atoms with E-state index in [0.29, 0.717) is 47.3 Å². The number of nitrogens with one attached hydrogen (secondary N) is 1. The van der Waals surface area contributed by atoms with Crippen LogP contribution in [-0.4, -0.2) is 52.4 Å². The Kier molecular flexibility index (Phi) is 5.20. The summed E-state index contributed by atoms with van der Waals surface area (Å²) in [6, 6.07) is 3.06. The van der Waals surface area contributed by atoms with Gasteiger partial charge in [-0.2, -0.15) is 13.2 Å². The zero-order valence-electron chi connectivity index (χ0n) is 13.8. The monoisotopic (exact) mass is 384 g/mol. The molecule has 1 fully saturated rings. The summed E-state index contributed by atoms with van der Waals surface area (Å²) in [6.07, 6.45) is -2.20. The van der Waals surface area contributed by atoms with Gasteiger partial charge >= 0.3 is 6.18 Å². The fourth-order valence-corrected chi connectivity index (χ4v) is 3.40. The topological polar surface area (TPSA) is 69.1 Å². The Balaban J connectivity index is 0.00000210. The minimum atomic E-state index is -4.59. The molecule has 10 heteroatoms. The van der Waals surface area contributed by atoms with Crippen LogP contribution in [0.15, 0.2) is 24.5 Å². The summed E-state index contributed by atoms with van der Waals surface area (Å²) >= 11 is 0. The van der Waals surface area contributed by atoms with E-state index < -0.39 is 11.9 Å². The van der Waals surface area contributed by atoms with Crippen molar-refractivity contribution in [3.05, 3.63) is 35.1 Å². The largest absolute Gasteiger partial charge is 0.435 e. The van der Waals surface area contributed by atoms with E-state index in [-0.39, 0.29) is 12.9 Å². The van der Waals surface area contributed by atoms with E-state index >= 15 is 0 Å². The predicted octanol–water partition coefficient (Wildman–Crippen LogP) is 2.42. The molecule has 1 aliphatic rings. The number of nitrogens with zero attached hydrogens (tertiary/aromatic N) is 4. The van der Waals surface area contributed by atoms with Crippen molar-refractivity contribution in [3.63, 3.8) is 0 Å². The summed E-state index contributed by atoms with van der Waals surface area (Å²) in [6.45, 7) is 3.52. The van der Waals surface area contributed by atoms with Crippen molar-refractivity contribution < 1.29 is 22.5 Å². The molecule has 4 rings (SSSR count). The molecule has 0 unspecified atom stereocenters. The maximum absolute atomic E-state index is 13.5. The van der Waals surface area contributed by atoms with E-state index in [9.17, 15) is 18.1 Å². The van der Waals surface area contributed by atoms with Crippen molar-refractivity contribution in [1.29, 1.82) is 0 Å². The van der Waals surface area contributed by atoms with E-state index in [1.807, 2.05) is 0 Å². The zero-order chi connectivity index (χ0) is 18.3. The molecule has 27 heavy (non-hydrogen) atoms. The Morgan fingerprint density at radius 3 is 2.63 bits per heavy atom. The lowest BCUT2D eigenvalue weighted by Crippen LogP contribution is -2.38. The number of hydrogen-bond donors (Lipinski definition) is 1. The van der Waals surface area contributed by atoms with E-state index in [1.165, 1.54) is 16.8 Å². The molecule has 1 N–H and O–H groups in total. The molecule has 0 aliphatic carbocycles. The molecule has 3 aromatic heterocycles. The molecular formula is C17H21F3N5O2+. The average Bonchev–Trinajstić information content (AvgIpc) is 2.92. The molecule has 1 saturated heterocycles. The number of aromatic amines is 1. The first-order valence-electron chi connectivity index (χ1n) is 8.25. The second-order valence-corrected chi connectivity index (χ2v) is 6.17. The first kappa shape index (κ1) is 19.3. The summed E-state index contributed by atoms with van der Waals surface area (Å²) in [5.74, 6) is 0. The Bertz CT molecular complexity index is 1010. The van der Waals surface area contributed by atoms with Gasteiger partial charge in [-0.15, -0.1) is 0 Å². The molecule has 0 bridgehead atoms. The lowest BCUT2D eigenvalue weighted by atomic mass is 10.2. The van der Waals surface area contributed by atoms with Crippen molar-refractivity contribution in [2.75, 3.05) is 32.8 Å². The standard InChI is InChI=1S/C16H17F3N5O2.CH4/c17-16(18,19)14-13-11(1-3-20-14)12-2-4-24(25)21-15(12)23(13)6-5-22-7-9-26-10-8-22;/h1-4H,5-10H2,(H,21,25);1H4/q+1;. The van der Waals surface area contributed by atoms with E-state index in [2.05, 4.69) is 15.0 Å². The van der Waals surface area contributed by atoms with Gasteiger partial charge in [0.15, 0.2) is 15.9 Å². The van der Waals surface area contributed by atoms with Crippen LogP contribution >= 0.6 is 0 Å². The van der Waals surface area contributed by atoms with E-state index in [4.69, 9.17) is 4.74 Å². The molecule has 4 heterocycles. The van der Waals surface area contributed by atoms with Gasteiger partial charge in [-0.1, -0.05) is 12.5 Å². The number of hydrogen-bond acceptors (Lipinski definition) is 4. The molecule has 0 saturated carbocycles.